The van der Waals surface area contributed by atoms with Gasteiger partial charge < -0.3 is 13.7 Å². The Morgan fingerprint density at radius 1 is 0.562 bits per heavy atom. The maximum absolute atomic E-state index is 10.1. The average Bonchev–Trinajstić information content (AvgIpc) is 1.41. The Kier molecular flexibility index (Phi) is 14.9. The molecule has 0 fully saturated rings. The zero-order valence-corrected chi connectivity index (χ0v) is 10.9. The van der Waals surface area contributed by atoms with E-state index in [1.165, 1.54) is 0 Å². The molecule has 9 nitrogen and oxygen atoms in total. The minimum atomic E-state index is -5.42. The van der Waals surface area contributed by atoms with E-state index in [4.69, 9.17) is 38.9 Å². The number of hydrogen-bond donors (Lipinski definition) is 0. The summed E-state index contributed by atoms with van der Waals surface area (Å²) in [6.07, 6.45) is 0. The summed E-state index contributed by atoms with van der Waals surface area (Å²) in [6.45, 7) is 0. The maximum Gasteiger partial charge on any atom is 3.00 e. The third-order valence-electron chi connectivity index (χ3n) is 0. The SMILES string of the molecule is O=S(=O)([O-])F.O=S(=O)([O-])F.O=S(=O)([O-])F.[Sc+3]. The van der Waals surface area contributed by atoms with E-state index in [0.29, 0.717) is 0 Å². The first-order chi connectivity index (χ1) is 6.00. The van der Waals surface area contributed by atoms with Gasteiger partial charge in [-0.1, -0.05) is 0 Å². The molecule has 16 heteroatoms. The molecule has 0 N–H and O–H groups in total. The smallest absolute Gasteiger partial charge is 0.722 e. The maximum atomic E-state index is 10.1. The largest absolute Gasteiger partial charge is 3.00 e. The fraction of sp³-hybridized carbons (Fsp3) is 0. The number of rotatable bonds is 0. The van der Waals surface area contributed by atoms with Gasteiger partial charge in [-0.15, -0.1) is 11.7 Å². The van der Waals surface area contributed by atoms with Crippen molar-refractivity contribution in [1.29, 1.82) is 0 Å². The van der Waals surface area contributed by atoms with Crippen LogP contribution in [0.2, 0.25) is 0 Å². The van der Waals surface area contributed by atoms with Crippen LogP contribution >= 0.6 is 0 Å². The second-order valence-electron chi connectivity index (χ2n) is 1.18. The molecule has 0 bridgehead atoms. The standard InChI is InChI=1S/3FHO3S.Sc/c3*1-5(2,3)4;/h3*(H,2,3,4);/q;;;+3/p-3. The van der Waals surface area contributed by atoms with E-state index in [0.717, 1.165) is 0 Å². The molecule has 0 spiro atoms. The summed E-state index contributed by atoms with van der Waals surface area (Å²) < 4.78 is 106. The predicted molar refractivity (Wildman–Crippen MR) is 32.4 cm³/mol. The zero-order valence-electron chi connectivity index (χ0n) is 6.61. The first-order valence-electron chi connectivity index (χ1n) is 1.96. The minimum Gasteiger partial charge on any atom is -0.722 e. The van der Waals surface area contributed by atoms with Crippen LogP contribution in [0.1, 0.15) is 0 Å². The molecule has 0 aliphatic heterocycles. The molecule has 0 rings (SSSR count). The van der Waals surface area contributed by atoms with Gasteiger partial charge in [0.05, 0.1) is 0 Å². The average molecular weight is 342 g/mol. The quantitative estimate of drug-likeness (QED) is 0.365. The topological polar surface area (TPSA) is 172 Å². The fourth-order valence-electron chi connectivity index (χ4n) is 0. The van der Waals surface area contributed by atoms with Crippen LogP contribution in [-0.2, 0) is 57.4 Å². The third-order valence-corrected chi connectivity index (χ3v) is 0. The second kappa shape index (κ2) is 9.42. The van der Waals surface area contributed by atoms with Crippen LogP contribution in [0.5, 0.6) is 0 Å². The van der Waals surface area contributed by atoms with Gasteiger partial charge in [-0.3, -0.25) is 0 Å². The van der Waals surface area contributed by atoms with Crippen molar-refractivity contribution in [3.05, 3.63) is 0 Å². The summed E-state index contributed by atoms with van der Waals surface area (Å²) in [5, 5.41) is 0. The van der Waals surface area contributed by atoms with Crippen LogP contribution in [-0.4, -0.2) is 38.9 Å². The van der Waals surface area contributed by atoms with Crippen molar-refractivity contribution < 1.29 is 76.4 Å². The van der Waals surface area contributed by atoms with Gasteiger partial charge in [-0.2, -0.15) is 0 Å². The molecule has 0 saturated carbocycles. The van der Waals surface area contributed by atoms with Crippen molar-refractivity contribution in [3.63, 3.8) is 0 Å². The van der Waals surface area contributed by atoms with Crippen LogP contribution in [0.4, 0.5) is 11.7 Å². The molecule has 0 atom stereocenters. The predicted octanol–water partition coefficient (Wildman–Crippen LogP) is -1.75. The molecule has 0 aromatic heterocycles. The van der Waals surface area contributed by atoms with Gasteiger partial charge in [0.1, 0.15) is 0 Å². The normalized spacial score (nSPS) is 10.9. The minimum absolute atomic E-state index is 0. The summed E-state index contributed by atoms with van der Waals surface area (Å²) in [6, 6.07) is 0. The Morgan fingerprint density at radius 3 is 0.562 bits per heavy atom. The molecule has 0 aromatic rings. The molecule has 16 heavy (non-hydrogen) atoms. The van der Waals surface area contributed by atoms with Gasteiger partial charge in [-0.05, 0) is 0 Å². The first-order valence-corrected chi connectivity index (χ1v) is 5.89. The van der Waals surface area contributed by atoms with Crippen molar-refractivity contribution >= 4 is 31.5 Å². The van der Waals surface area contributed by atoms with E-state index in [9.17, 15) is 11.7 Å². The summed E-state index contributed by atoms with van der Waals surface area (Å²) >= 11 is 0. The Hall–Kier alpha value is 0.390. The molecule has 0 aliphatic rings. The number of halogens is 3. The van der Waals surface area contributed by atoms with Crippen molar-refractivity contribution in [2.75, 3.05) is 0 Å². The van der Waals surface area contributed by atoms with Crippen LogP contribution in [0.3, 0.4) is 0 Å². The fourth-order valence-corrected chi connectivity index (χ4v) is 0. The van der Waals surface area contributed by atoms with Crippen LogP contribution in [0.25, 0.3) is 0 Å². The van der Waals surface area contributed by atoms with Gasteiger partial charge >= 0.3 is 25.8 Å². The molecule has 0 aliphatic carbocycles. The van der Waals surface area contributed by atoms with E-state index >= 15 is 0 Å². The molecule has 96 valence electrons. The van der Waals surface area contributed by atoms with Crippen LogP contribution in [0, 0.1) is 0 Å². The molecular weight excluding hydrogens is 342 g/mol. The summed E-state index contributed by atoms with van der Waals surface area (Å²) in [4.78, 5) is 0. The van der Waals surface area contributed by atoms with Crippen molar-refractivity contribution in [3.8, 4) is 0 Å². The van der Waals surface area contributed by atoms with Gasteiger partial charge in [0.15, 0.2) is 0 Å². The second-order valence-corrected chi connectivity index (χ2v) is 3.54. The van der Waals surface area contributed by atoms with Gasteiger partial charge in [0.25, 0.3) is 31.5 Å². The molecule has 0 saturated heterocycles. The Bertz CT molecular complexity index is 347. The molecule has 0 amide bonds. The van der Waals surface area contributed by atoms with Crippen molar-refractivity contribution in [2.45, 2.75) is 0 Å². The summed E-state index contributed by atoms with van der Waals surface area (Å²) in [5.41, 5.74) is 0. The Labute approximate surface area is 108 Å². The molecule has 0 radical (unpaired) electrons. The van der Waals surface area contributed by atoms with E-state index in [-0.39, 0.29) is 25.8 Å². The molecule has 0 unspecified atom stereocenters. The van der Waals surface area contributed by atoms with E-state index in [1.54, 1.807) is 0 Å². The Morgan fingerprint density at radius 2 is 0.562 bits per heavy atom. The molecule has 0 heterocycles. The van der Waals surface area contributed by atoms with E-state index in [2.05, 4.69) is 0 Å². The van der Waals surface area contributed by atoms with Gasteiger partial charge in [-0.25, -0.2) is 25.3 Å². The molecular formula is F3O9S3Sc. The van der Waals surface area contributed by atoms with Gasteiger partial charge in [0, 0.05) is 0 Å². The van der Waals surface area contributed by atoms with Crippen molar-refractivity contribution in [2.24, 2.45) is 0 Å². The summed E-state index contributed by atoms with van der Waals surface area (Å²) in [5.74, 6) is 0. The van der Waals surface area contributed by atoms with Crippen molar-refractivity contribution in [1.82, 2.24) is 0 Å². The number of hydrogen-bond acceptors (Lipinski definition) is 9. The van der Waals surface area contributed by atoms with E-state index in [1.807, 2.05) is 0 Å². The monoisotopic (exact) mass is 342 g/mol. The third kappa shape index (κ3) is 17000. The van der Waals surface area contributed by atoms with Crippen LogP contribution < -0.4 is 0 Å². The van der Waals surface area contributed by atoms with E-state index < -0.39 is 31.5 Å². The first kappa shape index (κ1) is 25.3. The zero-order chi connectivity index (χ0) is 13.5. The molecule has 0 aromatic carbocycles. The van der Waals surface area contributed by atoms with Gasteiger partial charge in [0.2, 0.25) is 0 Å². The summed E-state index contributed by atoms with van der Waals surface area (Å²) in [7, 11) is -16.2. The Balaban J connectivity index is -0.0000000655. The van der Waals surface area contributed by atoms with Crippen LogP contribution in [0.15, 0.2) is 0 Å².